The largest absolute Gasteiger partial charge is 0.462 e. The van der Waals surface area contributed by atoms with E-state index >= 15 is 0 Å². The Hall–Kier alpha value is -1.39. The number of ether oxygens (including phenoxy) is 1. The molecule has 1 N–H and O–H groups in total. The van der Waals surface area contributed by atoms with Crippen molar-refractivity contribution in [3.8, 4) is 0 Å². The first-order valence-electron chi connectivity index (χ1n) is 7.27. The highest BCUT2D eigenvalue weighted by Gasteiger charge is 2.45. The van der Waals surface area contributed by atoms with E-state index in [2.05, 4.69) is 4.90 Å². The van der Waals surface area contributed by atoms with Crippen LogP contribution in [0, 0.1) is 0 Å². The molecule has 2 aliphatic heterocycles. The van der Waals surface area contributed by atoms with Gasteiger partial charge in [-0.05, 0) is 19.0 Å². The van der Waals surface area contributed by atoms with Crippen molar-refractivity contribution < 1.29 is 14.6 Å². The van der Waals surface area contributed by atoms with Crippen LogP contribution in [0.25, 0.3) is 0 Å². The molecule has 4 atom stereocenters. The fourth-order valence-electron chi connectivity index (χ4n) is 3.49. The molecule has 108 valence electrons. The zero-order chi connectivity index (χ0) is 14.1. The van der Waals surface area contributed by atoms with Gasteiger partial charge in [0.15, 0.2) is 0 Å². The highest BCUT2D eigenvalue weighted by atomic mass is 16.5. The number of piperidine rings is 1. The lowest BCUT2D eigenvalue weighted by Gasteiger charge is -2.36. The first kappa shape index (κ1) is 13.6. The fraction of sp³-hybridized carbons (Fsp3) is 0.562. The molecule has 0 saturated carbocycles. The third-order valence-electron chi connectivity index (χ3n) is 4.59. The number of carbonyl (C=O) groups excluding carboxylic acids is 1. The molecule has 2 fully saturated rings. The van der Waals surface area contributed by atoms with Gasteiger partial charge in [0.2, 0.25) is 0 Å². The summed E-state index contributed by atoms with van der Waals surface area (Å²) in [6, 6.07) is 10.1. The van der Waals surface area contributed by atoms with Gasteiger partial charge in [-0.1, -0.05) is 30.3 Å². The molecule has 0 aromatic heterocycles. The quantitative estimate of drug-likeness (QED) is 0.847. The van der Waals surface area contributed by atoms with Gasteiger partial charge >= 0.3 is 5.97 Å². The number of carbonyl (C=O) groups is 1. The summed E-state index contributed by atoms with van der Waals surface area (Å²) < 4.78 is 5.60. The number of hydrogen-bond donors (Lipinski definition) is 1. The van der Waals surface area contributed by atoms with Gasteiger partial charge in [0, 0.05) is 24.9 Å². The minimum absolute atomic E-state index is 0.0467. The summed E-state index contributed by atoms with van der Waals surface area (Å²) in [6.07, 6.45) is 2.38. The van der Waals surface area contributed by atoms with Crippen LogP contribution in [0.4, 0.5) is 0 Å². The van der Waals surface area contributed by atoms with Gasteiger partial charge in [0.25, 0.3) is 0 Å². The van der Waals surface area contributed by atoms with Crippen molar-refractivity contribution in [3.05, 3.63) is 35.9 Å². The van der Waals surface area contributed by atoms with E-state index in [1.54, 1.807) is 0 Å². The maximum Gasteiger partial charge on any atom is 0.310 e. The van der Waals surface area contributed by atoms with Crippen LogP contribution in [0.1, 0.15) is 24.8 Å². The smallest absolute Gasteiger partial charge is 0.310 e. The molecule has 2 saturated heterocycles. The van der Waals surface area contributed by atoms with E-state index in [1.807, 2.05) is 37.4 Å². The molecular formula is C16H21NO3. The maximum absolute atomic E-state index is 12.0. The van der Waals surface area contributed by atoms with E-state index in [1.165, 1.54) is 0 Å². The zero-order valence-corrected chi connectivity index (χ0v) is 11.7. The Bertz CT molecular complexity index is 476. The van der Waals surface area contributed by atoms with E-state index in [9.17, 15) is 9.90 Å². The first-order valence-corrected chi connectivity index (χ1v) is 7.27. The van der Waals surface area contributed by atoms with Gasteiger partial charge in [-0.3, -0.25) is 9.69 Å². The molecular weight excluding hydrogens is 254 g/mol. The molecule has 4 nitrogen and oxygen atoms in total. The van der Waals surface area contributed by atoms with Crippen LogP contribution in [-0.4, -0.2) is 47.3 Å². The van der Waals surface area contributed by atoms with Crippen molar-refractivity contribution >= 4 is 5.97 Å². The van der Waals surface area contributed by atoms with Gasteiger partial charge in [-0.25, -0.2) is 0 Å². The van der Waals surface area contributed by atoms with Crippen molar-refractivity contribution in [2.75, 3.05) is 7.05 Å². The molecule has 0 spiro atoms. The summed E-state index contributed by atoms with van der Waals surface area (Å²) in [4.78, 5) is 14.2. The number of aliphatic hydroxyl groups is 1. The van der Waals surface area contributed by atoms with E-state index in [4.69, 9.17) is 4.74 Å². The topological polar surface area (TPSA) is 49.8 Å². The lowest BCUT2D eigenvalue weighted by molar-refractivity contribution is -0.151. The van der Waals surface area contributed by atoms with Crippen molar-refractivity contribution in [3.63, 3.8) is 0 Å². The lowest BCUT2D eigenvalue weighted by Crippen LogP contribution is -2.45. The second-order valence-electron chi connectivity index (χ2n) is 5.94. The van der Waals surface area contributed by atoms with Crippen LogP contribution in [0.5, 0.6) is 0 Å². The highest BCUT2D eigenvalue weighted by molar-refractivity contribution is 5.72. The van der Waals surface area contributed by atoms with Gasteiger partial charge in [0.1, 0.15) is 6.10 Å². The number of likely N-dealkylation sites (N-methyl/N-ethyl adjacent to an activating group) is 1. The van der Waals surface area contributed by atoms with E-state index in [0.29, 0.717) is 12.5 Å². The summed E-state index contributed by atoms with van der Waals surface area (Å²) in [6.45, 7) is 0. The maximum atomic E-state index is 12.0. The average Bonchev–Trinajstić information content (AvgIpc) is 2.59. The molecule has 2 bridgehead atoms. The van der Waals surface area contributed by atoms with E-state index in [0.717, 1.165) is 24.8 Å². The first-order chi connectivity index (χ1) is 9.63. The number of aliphatic hydroxyl groups excluding tert-OH is 1. The second kappa shape index (κ2) is 5.54. The van der Waals surface area contributed by atoms with Crippen molar-refractivity contribution in [2.24, 2.45) is 0 Å². The van der Waals surface area contributed by atoms with Crippen molar-refractivity contribution in [1.82, 2.24) is 4.90 Å². The van der Waals surface area contributed by atoms with Crippen LogP contribution in [0.3, 0.4) is 0 Å². The molecule has 0 amide bonds. The van der Waals surface area contributed by atoms with Gasteiger partial charge in [-0.15, -0.1) is 0 Å². The van der Waals surface area contributed by atoms with E-state index in [-0.39, 0.29) is 24.2 Å². The average molecular weight is 275 g/mol. The fourth-order valence-corrected chi connectivity index (χ4v) is 3.49. The summed E-state index contributed by atoms with van der Waals surface area (Å²) in [5.41, 5.74) is 0.980. The molecule has 2 heterocycles. The molecule has 20 heavy (non-hydrogen) atoms. The minimum atomic E-state index is -0.275. The van der Waals surface area contributed by atoms with Crippen molar-refractivity contribution in [1.29, 1.82) is 0 Å². The zero-order valence-electron chi connectivity index (χ0n) is 11.7. The van der Waals surface area contributed by atoms with Crippen LogP contribution in [0.15, 0.2) is 30.3 Å². The Morgan fingerprint density at radius 1 is 1.30 bits per heavy atom. The van der Waals surface area contributed by atoms with Gasteiger partial charge in [0.05, 0.1) is 12.5 Å². The number of nitrogens with zero attached hydrogens (tertiary/aromatic N) is 1. The van der Waals surface area contributed by atoms with Crippen LogP contribution in [0.2, 0.25) is 0 Å². The van der Waals surface area contributed by atoms with Gasteiger partial charge in [-0.2, -0.15) is 0 Å². The Balaban J connectivity index is 1.55. The number of fused-ring (bicyclic) bond motifs is 2. The Morgan fingerprint density at radius 3 is 2.75 bits per heavy atom. The molecule has 0 unspecified atom stereocenters. The third-order valence-corrected chi connectivity index (χ3v) is 4.59. The molecule has 0 aliphatic carbocycles. The van der Waals surface area contributed by atoms with Crippen molar-refractivity contribution in [2.45, 2.75) is 50.0 Å². The van der Waals surface area contributed by atoms with E-state index < -0.39 is 0 Å². The Morgan fingerprint density at radius 2 is 2.05 bits per heavy atom. The minimum Gasteiger partial charge on any atom is -0.462 e. The number of esters is 1. The van der Waals surface area contributed by atoms with Crippen LogP contribution < -0.4 is 0 Å². The summed E-state index contributed by atoms with van der Waals surface area (Å²) in [5, 5.41) is 9.97. The highest BCUT2D eigenvalue weighted by Crippen LogP contribution is 2.35. The number of rotatable bonds is 3. The SMILES string of the molecule is CN1[C@@H]2C[C@@H](OC(=O)Cc3ccccc3)C[C@H]1[C@H](O)C2. The molecule has 1 aromatic carbocycles. The summed E-state index contributed by atoms with van der Waals surface area (Å²) >= 11 is 0. The normalized spacial score (nSPS) is 33.1. The molecule has 0 radical (unpaired) electrons. The predicted octanol–water partition coefficient (Wildman–Crippen LogP) is 1.37. The molecule has 3 rings (SSSR count). The third kappa shape index (κ3) is 2.72. The summed E-state index contributed by atoms with van der Waals surface area (Å²) in [5.74, 6) is -0.167. The Kier molecular flexibility index (Phi) is 3.76. The summed E-state index contributed by atoms with van der Waals surface area (Å²) in [7, 11) is 2.05. The van der Waals surface area contributed by atoms with Gasteiger partial charge < -0.3 is 9.84 Å². The Labute approximate surface area is 119 Å². The second-order valence-corrected chi connectivity index (χ2v) is 5.94. The predicted molar refractivity (Wildman–Crippen MR) is 75.2 cm³/mol. The van der Waals surface area contributed by atoms with Crippen LogP contribution >= 0.6 is 0 Å². The standard InChI is InChI=1S/C16H21NO3/c1-17-12-8-13(10-14(17)15(18)9-12)20-16(19)7-11-5-3-2-4-6-11/h2-6,12-15,18H,7-10H2,1H3/t12-,13-,14+,15-/m1/s1. The number of benzene rings is 1. The monoisotopic (exact) mass is 275 g/mol. The molecule has 2 aliphatic rings. The molecule has 1 aromatic rings. The number of hydrogen-bond acceptors (Lipinski definition) is 4. The van der Waals surface area contributed by atoms with Crippen LogP contribution in [-0.2, 0) is 16.0 Å². The molecule has 4 heteroatoms. The lowest BCUT2D eigenvalue weighted by atomic mass is 10.00.